The molecule has 10 heteroatoms. The van der Waals surface area contributed by atoms with E-state index in [1.54, 1.807) is 24.3 Å². The van der Waals surface area contributed by atoms with Crippen LogP contribution in [0.1, 0.15) is 54.0 Å². The van der Waals surface area contributed by atoms with Gasteiger partial charge in [-0.05, 0) is 54.3 Å². The first-order valence-corrected chi connectivity index (χ1v) is 11.2. The average molecular weight is 502 g/mol. The minimum absolute atomic E-state index is 0.172. The molecule has 3 nitrogen and oxygen atoms in total. The van der Waals surface area contributed by atoms with Gasteiger partial charge in [-0.3, -0.25) is 4.98 Å². The molecule has 3 aromatic rings. The Kier molecular flexibility index (Phi) is 6.81. The van der Waals surface area contributed by atoms with Crippen LogP contribution >= 0.6 is 11.6 Å². The van der Waals surface area contributed by atoms with Gasteiger partial charge in [0.25, 0.3) is 0 Å². The Labute approximate surface area is 197 Å². The zero-order chi connectivity index (χ0) is 24.7. The lowest BCUT2D eigenvalue weighted by molar-refractivity contribution is -0.143. The molecule has 0 bridgehead atoms. The number of hydrogen-bond donors (Lipinski definition) is 2. The van der Waals surface area contributed by atoms with Crippen molar-refractivity contribution in [1.82, 2.24) is 10.3 Å². The Hall–Kier alpha value is -2.36. The summed E-state index contributed by atoms with van der Waals surface area (Å²) < 4.78 is 82.0. The molecule has 1 aliphatic rings. The van der Waals surface area contributed by atoms with Crippen LogP contribution in [0.4, 0.5) is 26.3 Å². The number of nitrogens with two attached hydrogens (primary N) is 1. The topological polar surface area (TPSA) is 50.9 Å². The first-order valence-electron chi connectivity index (χ1n) is 10.8. The van der Waals surface area contributed by atoms with Crippen molar-refractivity contribution >= 4 is 22.5 Å². The maximum absolute atomic E-state index is 14.1. The van der Waals surface area contributed by atoms with Crippen molar-refractivity contribution in [2.75, 3.05) is 0 Å². The van der Waals surface area contributed by atoms with E-state index in [4.69, 9.17) is 17.3 Å². The fourth-order valence-electron chi connectivity index (χ4n) is 4.55. The highest BCUT2D eigenvalue weighted by molar-refractivity contribution is 6.31. The van der Waals surface area contributed by atoms with Gasteiger partial charge in [-0.1, -0.05) is 36.6 Å². The van der Waals surface area contributed by atoms with E-state index in [0.717, 1.165) is 18.9 Å². The predicted molar refractivity (Wildman–Crippen MR) is 118 cm³/mol. The third-order valence-corrected chi connectivity index (χ3v) is 6.48. The fraction of sp³-hybridized carbons (Fsp3) is 0.375. The van der Waals surface area contributed by atoms with E-state index in [2.05, 4.69) is 10.3 Å². The molecule has 3 N–H and O–H groups in total. The third kappa shape index (κ3) is 5.16. The lowest BCUT2D eigenvalue weighted by Gasteiger charge is -2.35. The predicted octanol–water partition coefficient (Wildman–Crippen LogP) is 6.87. The van der Waals surface area contributed by atoms with Gasteiger partial charge in [0.1, 0.15) is 0 Å². The molecule has 1 saturated carbocycles. The van der Waals surface area contributed by atoms with E-state index in [-0.39, 0.29) is 23.7 Å². The molecule has 0 amide bonds. The van der Waals surface area contributed by atoms with Crippen molar-refractivity contribution in [2.24, 2.45) is 5.73 Å². The molecule has 1 heterocycles. The Morgan fingerprint density at radius 1 is 0.912 bits per heavy atom. The first kappa shape index (κ1) is 24.8. The minimum atomic E-state index is -5.00. The number of halogens is 7. The SMILES string of the molecule is NC1CCCCC1NC(c1ccc(C(F)(F)F)cc1C(F)(F)F)c1ccnc2cc(Cl)ccc12. The highest BCUT2D eigenvalue weighted by Gasteiger charge is 2.40. The molecule has 4 rings (SSSR count). The molecule has 1 aromatic heterocycles. The van der Waals surface area contributed by atoms with Gasteiger partial charge < -0.3 is 11.1 Å². The maximum Gasteiger partial charge on any atom is 0.416 e. The van der Waals surface area contributed by atoms with Gasteiger partial charge >= 0.3 is 12.4 Å². The molecule has 3 atom stereocenters. The number of nitrogens with one attached hydrogen (secondary N) is 1. The highest BCUT2D eigenvalue weighted by Crippen LogP contribution is 2.42. The normalized spacial score (nSPS) is 20.5. The van der Waals surface area contributed by atoms with Crippen molar-refractivity contribution in [2.45, 2.75) is 56.2 Å². The van der Waals surface area contributed by atoms with Crippen molar-refractivity contribution in [1.29, 1.82) is 0 Å². The summed E-state index contributed by atoms with van der Waals surface area (Å²) in [6, 6.07) is 6.48. The molecule has 0 spiro atoms. The Bertz CT molecular complexity index is 1180. The van der Waals surface area contributed by atoms with E-state index in [0.29, 0.717) is 40.4 Å². The van der Waals surface area contributed by atoms with Crippen LogP contribution in [0.25, 0.3) is 10.9 Å². The van der Waals surface area contributed by atoms with Crippen molar-refractivity contribution < 1.29 is 26.3 Å². The van der Waals surface area contributed by atoms with Crippen LogP contribution in [-0.2, 0) is 12.4 Å². The monoisotopic (exact) mass is 501 g/mol. The molecule has 0 radical (unpaired) electrons. The fourth-order valence-corrected chi connectivity index (χ4v) is 4.72. The second kappa shape index (κ2) is 9.36. The lowest BCUT2D eigenvalue weighted by Crippen LogP contribution is -2.48. The van der Waals surface area contributed by atoms with E-state index in [1.165, 1.54) is 6.20 Å². The quantitative estimate of drug-likeness (QED) is 0.383. The van der Waals surface area contributed by atoms with Crippen molar-refractivity contribution in [3.63, 3.8) is 0 Å². The van der Waals surface area contributed by atoms with Gasteiger partial charge in [0, 0.05) is 28.7 Å². The van der Waals surface area contributed by atoms with Crippen LogP contribution in [0.3, 0.4) is 0 Å². The smallest absolute Gasteiger partial charge is 0.326 e. The van der Waals surface area contributed by atoms with Crippen LogP contribution in [-0.4, -0.2) is 17.1 Å². The zero-order valence-electron chi connectivity index (χ0n) is 17.8. The lowest BCUT2D eigenvalue weighted by atomic mass is 9.86. The molecule has 3 unspecified atom stereocenters. The van der Waals surface area contributed by atoms with E-state index >= 15 is 0 Å². The van der Waals surface area contributed by atoms with Crippen molar-refractivity contribution in [3.8, 4) is 0 Å². The molecule has 1 aliphatic carbocycles. The van der Waals surface area contributed by atoms with Gasteiger partial charge in [-0.25, -0.2) is 0 Å². The molecule has 0 aliphatic heterocycles. The van der Waals surface area contributed by atoms with Gasteiger partial charge in [-0.2, -0.15) is 26.3 Å². The van der Waals surface area contributed by atoms with Crippen LogP contribution in [0.15, 0.2) is 48.7 Å². The summed E-state index contributed by atoms with van der Waals surface area (Å²) in [4.78, 5) is 4.25. The van der Waals surface area contributed by atoms with Gasteiger partial charge in [0.2, 0.25) is 0 Å². The largest absolute Gasteiger partial charge is 0.416 e. The number of hydrogen-bond acceptors (Lipinski definition) is 3. The number of benzene rings is 2. The summed E-state index contributed by atoms with van der Waals surface area (Å²) in [5, 5.41) is 4.20. The average Bonchev–Trinajstić information content (AvgIpc) is 2.76. The summed E-state index contributed by atoms with van der Waals surface area (Å²) in [6.45, 7) is 0. The van der Waals surface area contributed by atoms with E-state index in [1.807, 2.05) is 0 Å². The molecule has 34 heavy (non-hydrogen) atoms. The van der Waals surface area contributed by atoms with Crippen molar-refractivity contribution in [3.05, 3.63) is 75.9 Å². The Balaban J connectivity index is 1.92. The third-order valence-electron chi connectivity index (χ3n) is 6.25. The zero-order valence-corrected chi connectivity index (χ0v) is 18.6. The van der Waals surface area contributed by atoms with E-state index in [9.17, 15) is 26.3 Å². The summed E-state index contributed by atoms with van der Waals surface area (Å²) in [5.74, 6) is 0. The Morgan fingerprint density at radius 2 is 1.65 bits per heavy atom. The number of nitrogens with zero attached hydrogens (tertiary/aromatic N) is 1. The maximum atomic E-state index is 14.1. The molecule has 1 fully saturated rings. The highest BCUT2D eigenvalue weighted by atomic mass is 35.5. The summed E-state index contributed by atoms with van der Waals surface area (Å²) >= 11 is 6.06. The van der Waals surface area contributed by atoms with Crippen LogP contribution < -0.4 is 11.1 Å². The number of fused-ring (bicyclic) bond motifs is 1. The van der Waals surface area contributed by atoms with Crippen LogP contribution in [0.2, 0.25) is 5.02 Å². The van der Waals surface area contributed by atoms with Gasteiger partial charge in [0.05, 0.1) is 22.7 Å². The first-order chi connectivity index (χ1) is 15.9. The summed E-state index contributed by atoms with van der Waals surface area (Å²) in [7, 11) is 0. The molecule has 2 aromatic carbocycles. The molecular weight excluding hydrogens is 480 g/mol. The molecular formula is C24H22ClF6N3. The number of pyridine rings is 1. The van der Waals surface area contributed by atoms with E-state index < -0.39 is 29.5 Å². The standard InChI is InChI=1S/C24H22ClF6N3/c25-14-6-8-15-16(9-10-33-21(15)12-14)22(34-20-4-2-1-3-19(20)32)17-7-5-13(23(26,27)28)11-18(17)24(29,30)31/h5-12,19-20,22,34H,1-4,32H2. The van der Waals surface area contributed by atoms with Crippen LogP contribution in [0, 0.1) is 0 Å². The second-order valence-electron chi connectivity index (χ2n) is 8.51. The van der Waals surface area contributed by atoms with Gasteiger partial charge in [0.15, 0.2) is 0 Å². The summed E-state index contributed by atoms with van der Waals surface area (Å²) in [5.41, 5.74) is 4.16. The Morgan fingerprint density at radius 3 is 2.32 bits per heavy atom. The molecule has 0 saturated heterocycles. The second-order valence-corrected chi connectivity index (χ2v) is 8.95. The number of alkyl halides is 6. The van der Waals surface area contributed by atoms with Gasteiger partial charge in [-0.15, -0.1) is 0 Å². The summed E-state index contributed by atoms with van der Waals surface area (Å²) in [6.07, 6.45) is -5.35. The minimum Gasteiger partial charge on any atom is -0.326 e. The van der Waals surface area contributed by atoms with Crippen LogP contribution in [0.5, 0.6) is 0 Å². The number of aromatic nitrogens is 1. The number of rotatable bonds is 4. The molecule has 182 valence electrons.